The number of hydrogen-bond acceptors (Lipinski definition) is 3. The summed E-state index contributed by atoms with van der Waals surface area (Å²) in [6, 6.07) is 0. The van der Waals surface area contributed by atoms with Crippen LogP contribution in [0, 0.1) is 17.8 Å². The van der Waals surface area contributed by atoms with Gasteiger partial charge in [-0.2, -0.15) is 0 Å². The number of rotatable bonds is 3. The third kappa shape index (κ3) is 76.4. The minimum atomic E-state index is 0. The second-order valence-corrected chi connectivity index (χ2v) is 4.73. The maximum absolute atomic E-state index is 8.14. The Balaban J connectivity index is -0.0000000400. The number of halogens is 1. The molecule has 0 amide bonds. The summed E-state index contributed by atoms with van der Waals surface area (Å²) >= 11 is 0. The summed E-state index contributed by atoms with van der Waals surface area (Å²) in [4.78, 5) is 0. The molecule has 0 atom stereocenters. The van der Waals surface area contributed by atoms with Gasteiger partial charge in [0.1, 0.15) is 0 Å². The van der Waals surface area contributed by atoms with Crippen molar-refractivity contribution in [1.29, 1.82) is 0 Å². The average Bonchev–Trinajstić information content (AvgIpc) is 2.19. The van der Waals surface area contributed by atoms with Gasteiger partial charge in [0.15, 0.2) is 0 Å². The van der Waals surface area contributed by atoms with Gasteiger partial charge in [-0.1, -0.05) is 41.5 Å². The fourth-order valence-corrected chi connectivity index (χ4v) is 0. The van der Waals surface area contributed by atoms with Crippen molar-refractivity contribution >= 4 is 17.0 Å². The Labute approximate surface area is 137 Å². The van der Waals surface area contributed by atoms with E-state index in [2.05, 4.69) is 0 Å². The predicted molar refractivity (Wildman–Crippen MR) is 76.1 cm³/mol. The van der Waals surface area contributed by atoms with E-state index in [1.54, 1.807) is 0 Å². The molecule has 0 aromatic rings. The van der Waals surface area contributed by atoms with Crippen LogP contribution in [0.4, 0.5) is 0 Å². The van der Waals surface area contributed by atoms with Crippen LogP contribution in [0.5, 0.6) is 0 Å². The van der Waals surface area contributed by atoms with E-state index in [9.17, 15) is 0 Å². The van der Waals surface area contributed by atoms with E-state index in [0.29, 0.717) is 37.6 Å². The SMILES string of the molecule is Br.CC(C)CO.CC(C)CO.CC(C)CO.[Zr]. The maximum atomic E-state index is 8.14. The molecular formula is C12H31BrO3Zr. The van der Waals surface area contributed by atoms with Crippen molar-refractivity contribution in [3.63, 3.8) is 0 Å². The first kappa shape index (κ1) is 30.9. The van der Waals surface area contributed by atoms with E-state index in [1.165, 1.54) is 0 Å². The molecule has 0 rings (SSSR count). The van der Waals surface area contributed by atoms with E-state index >= 15 is 0 Å². The maximum Gasteiger partial charge on any atom is 0.0453 e. The number of aliphatic hydroxyl groups is 3. The topological polar surface area (TPSA) is 60.7 Å². The Morgan fingerprint density at radius 1 is 0.588 bits per heavy atom. The van der Waals surface area contributed by atoms with Gasteiger partial charge in [0.25, 0.3) is 0 Å². The van der Waals surface area contributed by atoms with Crippen molar-refractivity contribution in [2.45, 2.75) is 41.5 Å². The molecule has 108 valence electrons. The Hall–Kier alpha value is 1.24. The average molecular weight is 395 g/mol. The fourth-order valence-electron chi connectivity index (χ4n) is 0. The van der Waals surface area contributed by atoms with Crippen LogP contribution >= 0.6 is 17.0 Å². The van der Waals surface area contributed by atoms with Crippen molar-refractivity contribution in [3.8, 4) is 0 Å². The van der Waals surface area contributed by atoms with Gasteiger partial charge in [-0.15, -0.1) is 17.0 Å². The molecule has 3 N–H and O–H groups in total. The molecule has 0 radical (unpaired) electrons. The van der Waals surface area contributed by atoms with Crippen molar-refractivity contribution in [3.05, 3.63) is 0 Å². The molecule has 0 aromatic heterocycles. The molecule has 0 heterocycles. The van der Waals surface area contributed by atoms with Crippen LogP contribution in [0.15, 0.2) is 0 Å². The van der Waals surface area contributed by atoms with Gasteiger partial charge >= 0.3 is 0 Å². The van der Waals surface area contributed by atoms with Gasteiger partial charge in [0.05, 0.1) is 0 Å². The standard InChI is InChI=1S/3C4H10O.BrH.Zr/c3*1-4(2)3-5;;/h3*4-5H,3H2,1-2H3;1H;. The zero-order valence-corrected chi connectivity index (χ0v) is 16.3. The molecule has 0 spiro atoms. The predicted octanol–water partition coefficient (Wildman–Crippen LogP) is 2.48. The van der Waals surface area contributed by atoms with E-state index in [1.807, 2.05) is 41.5 Å². The minimum absolute atomic E-state index is 0. The zero-order valence-electron chi connectivity index (χ0n) is 12.1. The molecule has 0 fully saturated rings. The molecule has 5 heteroatoms. The Bertz CT molecular complexity index is 82.7. The molecule has 0 aliphatic rings. The minimum Gasteiger partial charge on any atom is -0.396 e. The first-order valence-corrected chi connectivity index (χ1v) is 5.64. The third-order valence-electron chi connectivity index (χ3n) is 1.10. The monoisotopic (exact) mass is 392 g/mol. The molecule has 0 saturated heterocycles. The Kier molecular flexibility index (Phi) is 47.2. The summed E-state index contributed by atoms with van der Waals surface area (Å²) in [6.07, 6.45) is 0. The molecule has 0 unspecified atom stereocenters. The van der Waals surface area contributed by atoms with Crippen LogP contribution in [0.1, 0.15) is 41.5 Å². The fraction of sp³-hybridized carbons (Fsp3) is 1.00. The van der Waals surface area contributed by atoms with Crippen LogP contribution in [0.25, 0.3) is 0 Å². The molecule has 0 aliphatic carbocycles. The number of hydrogen-bond donors (Lipinski definition) is 3. The van der Waals surface area contributed by atoms with E-state index < -0.39 is 0 Å². The summed E-state index contributed by atoms with van der Waals surface area (Å²) < 4.78 is 0. The first-order chi connectivity index (χ1) is 6.81. The summed E-state index contributed by atoms with van der Waals surface area (Å²) in [5.41, 5.74) is 0. The van der Waals surface area contributed by atoms with Crippen molar-refractivity contribution in [2.24, 2.45) is 17.8 Å². The molecule has 0 saturated carbocycles. The second kappa shape index (κ2) is 25.9. The van der Waals surface area contributed by atoms with Gasteiger partial charge in [-0.25, -0.2) is 0 Å². The van der Waals surface area contributed by atoms with Crippen LogP contribution in [-0.2, 0) is 26.2 Å². The Morgan fingerprint density at radius 3 is 0.647 bits per heavy atom. The summed E-state index contributed by atoms with van der Waals surface area (Å²) in [5, 5.41) is 24.4. The van der Waals surface area contributed by atoms with Crippen molar-refractivity contribution < 1.29 is 41.5 Å². The van der Waals surface area contributed by atoms with Crippen LogP contribution < -0.4 is 0 Å². The van der Waals surface area contributed by atoms with Crippen LogP contribution in [0.2, 0.25) is 0 Å². The molecule has 3 nitrogen and oxygen atoms in total. The summed E-state index contributed by atoms with van der Waals surface area (Å²) in [5.74, 6) is 1.32. The van der Waals surface area contributed by atoms with E-state index in [0.717, 1.165) is 0 Å². The van der Waals surface area contributed by atoms with Crippen molar-refractivity contribution in [1.82, 2.24) is 0 Å². The number of aliphatic hydroxyl groups excluding tert-OH is 3. The molecular weight excluding hydrogens is 363 g/mol. The van der Waals surface area contributed by atoms with Crippen LogP contribution in [-0.4, -0.2) is 35.1 Å². The largest absolute Gasteiger partial charge is 0.396 e. The quantitative estimate of drug-likeness (QED) is 0.689. The van der Waals surface area contributed by atoms with Gasteiger partial charge in [0, 0.05) is 46.0 Å². The normalized spacial score (nSPS) is 8.47. The smallest absolute Gasteiger partial charge is 0.0453 e. The van der Waals surface area contributed by atoms with E-state index in [4.69, 9.17) is 15.3 Å². The van der Waals surface area contributed by atoms with E-state index in [-0.39, 0.29) is 43.2 Å². The molecule has 0 aliphatic heterocycles. The zero-order chi connectivity index (χ0) is 12.9. The third-order valence-corrected chi connectivity index (χ3v) is 1.10. The van der Waals surface area contributed by atoms with Crippen LogP contribution in [0.3, 0.4) is 0 Å². The summed E-state index contributed by atoms with van der Waals surface area (Å²) in [7, 11) is 0. The van der Waals surface area contributed by atoms with Gasteiger partial charge in [-0.05, 0) is 17.8 Å². The molecule has 0 aromatic carbocycles. The Morgan fingerprint density at radius 2 is 0.647 bits per heavy atom. The first-order valence-electron chi connectivity index (χ1n) is 5.64. The molecule has 0 bridgehead atoms. The van der Waals surface area contributed by atoms with Gasteiger partial charge < -0.3 is 15.3 Å². The van der Waals surface area contributed by atoms with Crippen molar-refractivity contribution in [2.75, 3.05) is 19.8 Å². The van der Waals surface area contributed by atoms with Gasteiger partial charge in [-0.3, -0.25) is 0 Å². The van der Waals surface area contributed by atoms with Gasteiger partial charge in [0.2, 0.25) is 0 Å². The summed E-state index contributed by atoms with van der Waals surface area (Å²) in [6.45, 7) is 12.7. The second-order valence-electron chi connectivity index (χ2n) is 4.73. The molecule has 17 heavy (non-hydrogen) atoms.